The summed E-state index contributed by atoms with van der Waals surface area (Å²) in [5, 5.41) is 0. The zero-order chi connectivity index (χ0) is 22.4. The second-order valence-electron chi connectivity index (χ2n) is 7.51. The quantitative estimate of drug-likeness (QED) is 0.565. The molecule has 0 atom stereocenters. The molecule has 0 unspecified atom stereocenters. The highest BCUT2D eigenvalue weighted by molar-refractivity contribution is 9.10. The van der Waals surface area contributed by atoms with Gasteiger partial charge in [0.1, 0.15) is 0 Å². The molecule has 1 aliphatic carbocycles. The van der Waals surface area contributed by atoms with Crippen LogP contribution in [0.4, 0.5) is 5.69 Å². The fourth-order valence-corrected chi connectivity index (χ4v) is 4.81. The van der Waals surface area contributed by atoms with Crippen molar-refractivity contribution in [2.75, 3.05) is 18.4 Å². The lowest BCUT2D eigenvalue weighted by Gasteiger charge is -2.31. The van der Waals surface area contributed by atoms with Gasteiger partial charge < -0.3 is 9.64 Å². The van der Waals surface area contributed by atoms with Gasteiger partial charge in [-0.1, -0.05) is 35.2 Å². The highest BCUT2D eigenvalue weighted by Gasteiger charge is 2.23. The number of benzene rings is 2. The molecule has 1 N–H and O–H groups in total. The van der Waals surface area contributed by atoms with Crippen LogP contribution in [0.3, 0.4) is 0 Å². The molecule has 9 heteroatoms. The zero-order valence-electron chi connectivity index (χ0n) is 17.2. The van der Waals surface area contributed by atoms with Gasteiger partial charge in [0, 0.05) is 23.2 Å². The summed E-state index contributed by atoms with van der Waals surface area (Å²) in [7, 11) is -1.99. The van der Waals surface area contributed by atoms with Gasteiger partial charge in [0.25, 0.3) is 15.9 Å². The van der Waals surface area contributed by atoms with Crippen molar-refractivity contribution in [2.45, 2.75) is 43.0 Å². The first-order chi connectivity index (χ1) is 14.8. The normalized spacial score (nSPS) is 14.6. The molecule has 2 aromatic carbocycles. The van der Waals surface area contributed by atoms with Crippen LogP contribution in [0, 0.1) is 0 Å². The molecule has 0 aliphatic heterocycles. The maximum absolute atomic E-state index is 12.4. The topological polar surface area (TPSA) is 92.8 Å². The lowest BCUT2D eigenvalue weighted by Crippen LogP contribution is -2.40. The summed E-state index contributed by atoms with van der Waals surface area (Å²) in [5.74, 6) is -0.855. The van der Waals surface area contributed by atoms with Crippen molar-refractivity contribution in [1.82, 2.24) is 4.90 Å². The second kappa shape index (κ2) is 10.3. The predicted octanol–water partition coefficient (Wildman–Crippen LogP) is 4.20. The molecular weight excluding hydrogens is 484 g/mol. The van der Waals surface area contributed by atoms with Crippen LogP contribution in [-0.2, 0) is 19.6 Å². The van der Waals surface area contributed by atoms with Crippen molar-refractivity contribution in [3.8, 4) is 0 Å². The third-order valence-corrected chi connectivity index (χ3v) is 7.27. The summed E-state index contributed by atoms with van der Waals surface area (Å²) < 4.78 is 33.3. The Kier molecular flexibility index (Phi) is 7.72. The maximum Gasteiger partial charge on any atom is 0.338 e. The molecule has 0 spiro atoms. The molecule has 0 bridgehead atoms. The van der Waals surface area contributed by atoms with E-state index in [0.717, 1.165) is 30.2 Å². The van der Waals surface area contributed by atoms with Crippen LogP contribution in [0.15, 0.2) is 57.9 Å². The van der Waals surface area contributed by atoms with Crippen molar-refractivity contribution in [1.29, 1.82) is 0 Å². The lowest BCUT2D eigenvalue weighted by molar-refractivity contribution is -0.135. The Labute approximate surface area is 191 Å². The van der Waals surface area contributed by atoms with E-state index in [1.807, 2.05) is 0 Å². The van der Waals surface area contributed by atoms with Gasteiger partial charge in [0.05, 0.1) is 10.5 Å². The van der Waals surface area contributed by atoms with Gasteiger partial charge in [-0.05, 0) is 61.4 Å². The first-order valence-electron chi connectivity index (χ1n) is 10.1. The first-order valence-corrected chi connectivity index (χ1v) is 12.3. The molecule has 1 saturated carbocycles. The van der Waals surface area contributed by atoms with Crippen LogP contribution < -0.4 is 4.72 Å². The van der Waals surface area contributed by atoms with Crippen molar-refractivity contribution >= 4 is 43.5 Å². The van der Waals surface area contributed by atoms with E-state index in [1.54, 1.807) is 24.1 Å². The monoisotopic (exact) mass is 508 g/mol. The summed E-state index contributed by atoms with van der Waals surface area (Å²) in [5.41, 5.74) is 0.548. The minimum absolute atomic E-state index is 0.125. The third kappa shape index (κ3) is 6.30. The molecule has 1 aliphatic rings. The van der Waals surface area contributed by atoms with Gasteiger partial charge in [-0.25, -0.2) is 13.2 Å². The minimum atomic E-state index is -3.74. The van der Waals surface area contributed by atoms with E-state index in [9.17, 15) is 18.0 Å². The number of halogens is 1. The van der Waals surface area contributed by atoms with Gasteiger partial charge in [-0.3, -0.25) is 9.52 Å². The second-order valence-corrected chi connectivity index (χ2v) is 10.1. The Morgan fingerprint density at radius 1 is 1.03 bits per heavy atom. The van der Waals surface area contributed by atoms with Gasteiger partial charge in [-0.2, -0.15) is 0 Å². The molecule has 166 valence electrons. The highest BCUT2D eigenvalue weighted by Crippen LogP contribution is 2.22. The predicted molar refractivity (Wildman–Crippen MR) is 121 cm³/mol. The Bertz CT molecular complexity index is 1020. The molecule has 31 heavy (non-hydrogen) atoms. The maximum atomic E-state index is 12.4. The zero-order valence-corrected chi connectivity index (χ0v) is 19.6. The number of hydrogen-bond donors (Lipinski definition) is 1. The van der Waals surface area contributed by atoms with Crippen LogP contribution in [0.5, 0.6) is 0 Å². The SMILES string of the molecule is CN(C(=O)COC(=O)c1ccc(NS(=O)(=O)c2ccc(Br)cc2)cc1)C1CCCCC1. The number of sulfonamides is 1. The van der Waals surface area contributed by atoms with Crippen molar-refractivity contribution in [2.24, 2.45) is 0 Å². The van der Waals surface area contributed by atoms with Gasteiger partial charge in [0.2, 0.25) is 0 Å². The summed E-state index contributed by atoms with van der Waals surface area (Å²) >= 11 is 3.27. The van der Waals surface area contributed by atoms with E-state index in [0.29, 0.717) is 5.69 Å². The number of nitrogens with zero attached hydrogens (tertiary/aromatic N) is 1. The highest BCUT2D eigenvalue weighted by atomic mass is 79.9. The van der Waals surface area contributed by atoms with E-state index < -0.39 is 16.0 Å². The lowest BCUT2D eigenvalue weighted by atomic mass is 9.94. The number of ether oxygens (including phenoxy) is 1. The van der Waals surface area contributed by atoms with Crippen LogP contribution >= 0.6 is 15.9 Å². The molecule has 0 aromatic heterocycles. The third-order valence-electron chi connectivity index (χ3n) is 5.34. The molecule has 0 radical (unpaired) electrons. The average Bonchev–Trinajstić information content (AvgIpc) is 2.78. The molecule has 3 rings (SSSR count). The summed E-state index contributed by atoms with van der Waals surface area (Å²) in [6.45, 7) is -0.316. The molecule has 1 fully saturated rings. The number of carbonyl (C=O) groups is 2. The number of amides is 1. The number of hydrogen-bond acceptors (Lipinski definition) is 5. The number of likely N-dealkylation sites (N-methyl/N-ethyl adjacent to an activating group) is 1. The Morgan fingerprint density at radius 2 is 1.65 bits per heavy atom. The standard InChI is InChI=1S/C22H25BrN2O5S/c1-25(19-5-3-2-4-6-19)21(26)15-30-22(27)16-7-11-18(12-8-16)24-31(28,29)20-13-9-17(23)10-14-20/h7-14,19,24H,2-6,15H2,1H3. The van der Waals surface area contributed by atoms with Gasteiger partial charge in [-0.15, -0.1) is 0 Å². The van der Waals surface area contributed by atoms with Crippen molar-refractivity contribution in [3.63, 3.8) is 0 Å². The van der Waals surface area contributed by atoms with Gasteiger partial charge >= 0.3 is 5.97 Å². The van der Waals surface area contributed by atoms with E-state index in [1.165, 1.54) is 42.8 Å². The average molecular weight is 509 g/mol. The van der Waals surface area contributed by atoms with Crippen LogP contribution in [-0.4, -0.2) is 44.9 Å². The molecular formula is C22H25BrN2O5S. The summed E-state index contributed by atoms with van der Waals surface area (Å²) in [6.07, 6.45) is 5.38. The Morgan fingerprint density at radius 3 is 2.26 bits per heavy atom. The Hall–Kier alpha value is -2.39. The number of nitrogens with one attached hydrogen (secondary N) is 1. The van der Waals surface area contributed by atoms with E-state index >= 15 is 0 Å². The van der Waals surface area contributed by atoms with Crippen LogP contribution in [0.1, 0.15) is 42.5 Å². The smallest absolute Gasteiger partial charge is 0.338 e. The Balaban J connectivity index is 1.55. The number of esters is 1. The first kappa shape index (κ1) is 23.3. The van der Waals surface area contributed by atoms with Gasteiger partial charge in [0.15, 0.2) is 6.61 Å². The molecule has 1 amide bonds. The van der Waals surface area contributed by atoms with E-state index in [-0.39, 0.29) is 29.0 Å². The fraction of sp³-hybridized carbons (Fsp3) is 0.364. The van der Waals surface area contributed by atoms with E-state index in [4.69, 9.17) is 4.74 Å². The molecule has 0 saturated heterocycles. The van der Waals surface area contributed by atoms with Crippen LogP contribution in [0.2, 0.25) is 0 Å². The number of anilines is 1. The number of rotatable bonds is 7. The molecule has 0 heterocycles. The molecule has 7 nitrogen and oxygen atoms in total. The van der Waals surface area contributed by atoms with Crippen molar-refractivity contribution in [3.05, 3.63) is 58.6 Å². The molecule has 2 aromatic rings. The van der Waals surface area contributed by atoms with E-state index in [2.05, 4.69) is 20.7 Å². The number of carbonyl (C=O) groups excluding carboxylic acids is 2. The largest absolute Gasteiger partial charge is 0.452 e. The van der Waals surface area contributed by atoms with Crippen molar-refractivity contribution < 1.29 is 22.7 Å². The van der Waals surface area contributed by atoms with Crippen LogP contribution in [0.25, 0.3) is 0 Å². The fourth-order valence-electron chi connectivity index (χ4n) is 3.49. The summed E-state index contributed by atoms with van der Waals surface area (Å²) in [6, 6.07) is 12.3. The summed E-state index contributed by atoms with van der Waals surface area (Å²) in [4.78, 5) is 26.4. The minimum Gasteiger partial charge on any atom is -0.452 e.